The van der Waals surface area contributed by atoms with Crippen molar-refractivity contribution in [1.29, 1.82) is 0 Å². The maximum atomic E-state index is 11.0. The summed E-state index contributed by atoms with van der Waals surface area (Å²) in [4.78, 5) is 11.0. The van der Waals surface area contributed by atoms with E-state index < -0.39 is 5.97 Å². The lowest BCUT2D eigenvalue weighted by Gasteiger charge is -2.28. The van der Waals surface area contributed by atoms with Crippen molar-refractivity contribution in [2.45, 2.75) is 39.0 Å². The maximum Gasteiger partial charge on any atom is 0.335 e. The van der Waals surface area contributed by atoms with Crippen molar-refractivity contribution < 1.29 is 19.4 Å². The highest BCUT2D eigenvalue weighted by Gasteiger charge is 2.21. The van der Waals surface area contributed by atoms with Gasteiger partial charge in [0.2, 0.25) is 0 Å². The number of ether oxygens (including phenoxy) is 2. The first-order valence-corrected chi connectivity index (χ1v) is 7.66. The molecule has 0 radical (unpaired) electrons. The first kappa shape index (κ1) is 15.7. The fourth-order valence-corrected chi connectivity index (χ4v) is 3.06. The van der Waals surface area contributed by atoms with Crippen LogP contribution >= 0.6 is 0 Å². The minimum absolute atomic E-state index is 0.219. The van der Waals surface area contributed by atoms with Crippen LogP contribution in [-0.4, -0.2) is 24.8 Å². The second-order valence-corrected chi connectivity index (χ2v) is 5.83. The molecule has 1 fully saturated rings. The number of benzene rings is 1. The van der Waals surface area contributed by atoms with Crippen LogP contribution in [0.25, 0.3) is 0 Å². The molecule has 0 aliphatic heterocycles. The van der Waals surface area contributed by atoms with Gasteiger partial charge >= 0.3 is 5.97 Å². The minimum atomic E-state index is -0.955. The molecule has 1 aliphatic rings. The summed E-state index contributed by atoms with van der Waals surface area (Å²) in [7, 11) is 1.56. The summed E-state index contributed by atoms with van der Waals surface area (Å²) in [5.41, 5.74) is 0.219. The highest BCUT2D eigenvalue weighted by atomic mass is 16.5. The van der Waals surface area contributed by atoms with Crippen molar-refractivity contribution >= 4 is 5.97 Å². The molecule has 0 spiro atoms. The van der Waals surface area contributed by atoms with Crippen LogP contribution in [0.5, 0.6) is 11.5 Å². The standard InChI is InChI=1S/C17H24O4/c1-12-5-3-4-6-13(12)9-10-21-16-11-14(17(18)19)7-8-15(16)20-2/h7-8,11-13H,3-6,9-10H2,1-2H3,(H,18,19). The Morgan fingerprint density at radius 3 is 2.71 bits per heavy atom. The molecule has 0 aromatic heterocycles. The summed E-state index contributed by atoms with van der Waals surface area (Å²) in [5.74, 6) is 1.61. The molecule has 4 heteroatoms. The molecule has 1 N–H and O–H groups in total. The summed E-state index contributed by atoms with van der Waals surface area (Å²) in [6, 6.07) is 4.70. The molecule has 0 bridgehead atoms. The second-order valence-electron chi connectivity index (χ2n) is 5.83. The van der Waals surface area contributed by atoms with Crippen LogP contribution in [0.2, 0.25) is 0 Å². The molecule has 2 unspecified atom stereocenters. The van der Waals surface area contributed by atoms with Crippen LogP contribution in [0.1, 0.15) is 49.4 Å². The first-order valence-electron chi connectivity index (χ1n) is 7.66. The molecule has 2 rings (SSSR count). The van der Waals surface area contributed by atoms with Crippen molar-refractivity contribution in [2.24, 2.45) is 11.8 Å². The Labute approximate surface area is 126 Å². The SMILES string of the molecule is COc1ccc(C(=O)O)cc1OCCC1CCCCC1C. The van der Waals surface area contributed by atoms with E-state index in [1.807, 2.05) is 0 Å². The molecule has 21 heavy (non-hydrogen) atoms. The van der Waals surface area contributed by atoms with Gasteiger partial charge in [-0.05, 0) is 36.5 Å². The van der Waals surface area contributed by atoms with Gasteiger partial charge in [-0.1, -0.05) is 32.6 Å². The summed E-state index contributed by atoms with van der Waals surface area (Å²) >= 11 is 0. The number of carboxylic acid groups (broad SMARTS) is 1. The fraction of sp³-hybridized carbons (Fsp3) is 0.588. The Morgan fingerprint density at radius 1 is 1.29 bits per heavy atom. The molecule has 1 aliphatic carbocycles. The van der Waals surface area contributed by atoms with Crippen LogP contribution in [0.4, 0.5) is 0 Å². The lowest BCUT2D eigenvalue weighted by Crippen LogP contribution is -2.19. The van der Waals surface area contributed by atoms with Gasteiger partial charge < -0.3 is 14.6 Å². The van der Waals surface area contributed by atoms with E-state index in [1.54, 1.807) is 13.2 Å². The van der Waals surface area contributed by atoms with E-state index in [1.165, 1.54) is 37.8 Å². The molecule has 2 atom stereocenters. The van der Waals surface area contributed by atoms with Crippen molar-refractivity contribution in [3.63, 3.8) is 0 Å². The number of methoxy groups -OCH3 is 1. The van der Waals surface area contributed by atoms with E-state index in [0.717, 1.165) is 12.3 Å². The quantitative estimate of drug-likeness (QED) is 0.861. The first-order chi connectivity index (χ1) is 10.1. The average molecular weight is 292 g/mol. The number of carbonyl (C=O) groups is 1. The van der Waals surface area contributed by atoms with Crippen LogP contribution in [0, 0.1) is 11.8 Å². The predicted octanol–water partition coefficient (Wildman–Crippen LogP) is 3.99. The normalized spacial score (nSPS) is 21.8. The zero-order valence-corrected chi connectivity index (χ0v) is 12.8. The third kappa shape index (κ3) is 4.13. The van der Waals surface area contributed by atoms with Crippen LogP contribution in [0.3, 0.4) is 0 Å². The van der Waals surface area contributed by atoms with E-state index in [9.17, 15) is 4.79 Å². The van der Waals surface area contributed by atoms with Gasteiger partial charge in [-0.15, -0.1) is 0 Å². The number of hydrogen-bond donors (Lipinski definition) is 1. The molecule has 0 heterocycles. The zero-order chi connectivity index (χ0) is 15.2. The largest absolute Gasteiger partial charge is 0.493 e. The molecular formula is C17H24O4. The average Bonchev–Trinajstić information content (AvgIpc) is 2.49. The Hall–Kier alpha value is -1.71. The van der Waals surface area contributed by atoms with Gasteiger partial charge in [-0.25, -0.2) is 4.79 Å². The van der Waals surface area contributed by atoms with Gasteiger partial charge in [0.15, 0.2) is 11.5 Å². The lowest BCUT2D eigenvalue weighted by atomic mass is 9.79. The fourth-order valence-electron chi connectivity index (χ4n) is 3.06. The molecular weight excluding hydrogens is 268 g/mol. The number of hydrogen-bond acceptors (Lipinski definition) is 3. The Kier molecular flexibility index (Phi) is 5.48. The number of carboxylic acids is 1. The van der Waals surface area contributed by atoms with Gasteiger partial charge in [0, 0.05) is 0 Å². The van der Waals surface area contributed by atoms with Gasteiger partial charge in [0.05, 0.1) is 19.3 Å². The molecule has 1 aromatic carbocycles. The molecule has 1 saturated carbocycles. The predicted molar refractivity (Wildman–Crippen MR) is 81.2 cm³/mol. The van der Waals surface area contributed by atoms with Gasteiger partial charge in [-0.3, -0.25) is 0 Å². The van der Waals surface area contributed by atoms with Crippen LogP contribution in [0.15, 0.2) is 18.2 Å². The van der Waals surface area contributed by atoms with Gasteiger partial charge in [-0.2, -0.15) is 0 Å². The Morgan fingerprint density at radius 2 is 2.05 bits per heavy atom. The number of aromatic carboxylic acids is 1. The monoisotopic (exact) mass is 292 g/mol. The van der Waals surface area contributed by atoms with E-state index in [0.29, 0.717) is 24.0 Å². The summed E-state index contributed by atoms with van der Waals surface area (Å²) in [5, 5.41) is 9.04. The van der Waals surface area contributed by atoms with Gasteiger partial charge in [0.25, 0.3) is 0 Å². The Bertz CT molecular complexity index is 484. The lowest BCUT2D eigenvalue weighted by molar-refractivity contribution is 0.0696. The highest BCUT2D eigenvalue weighted by Crippen LogP contribution is 2.33. The molecule has 0 amide bonds. The van der Waals surface area contributed by atoms with Crippen molar-refractivity contribution in [3.05, 3.63) is 23.8 Å². The Balaban J connectivity index is 1.95. The van der Waals surface area contributed by atoms with Crippen LogP contribution < -0.4 is 9.47 Å². The van der Waals surface area contributed by atoms with Gasteiger partial charge in [0.1, 0.15) is 0 Å². The second kappa shape index (κ2) is 7.34. The van der Waals surface area contributed by atoms with E-state index in [2.05, 4.69) is 6.92 Å². The summed E-state index contributed by atoms with van der Waals surface area (Å²) in [6.45, 7) is 2.92. The van der Waals surface area contributed by atoms with Crippen molar-refractivity contribution in [2.75, 3.05) is 13.7 Å². The van der Waals surface area contributed by atoms with Crippen molar-refractivity contribution in [1.82, 2.24) is 0 Å². The third-order valence-electron chi connectivity index (χ3n) is 4.45. The molecule has 116 valence electrons. The smallest absolute Gasteiger partial charge is 0.335 e. The molecule has 0 saturated heterocycles. The maximum absolute atomic E-state index is 11.0. The minimum Gasteiger partial charge on any atom is -0.493 e. The van der Waals surface area contributed by atoms with Crippen molar-refractivity contribution in [3.8, 4) is 11.5 Å². The summed E-state index contributed by atoms with van der Waals surface area (Å²) in [6.07, 6.45) is 6.25. The van der Waals surface area contributed by atoms with E-state index in [4.69, 9.17) is 14.6 Å². The topological polar surface area (TPSA) is 55.8 Å². The number of rotatable bonds is 6. The van der Waals surface area contributed by atoms with E-state index in [-0.39, 0.29) is 5.56 Å². The highest BCUT2D eigenvalue weighted by molar-refractivity contribution is 5.88. The summed E-state index contributed by atoms with van der Waals surface area (Å²) < 4.78 is 11.0. The zero-order valence-electron chi connectivity index (χ0n) is 12.8. The molecule has 4 nitrogen and oxygen atoms in total. The third-order valence-corrected chi connectivity index (χ3v) is 4.45. The van der Waals surface area contributed by atoms with Crippen LogP contribution in [-0.2, 0) is 0 Å². The van der Waals surface area contributed by atoms with E-state index >= 15 is 0 Å². The molecule has 1 aromatic rings.